The van der Waals surface area contributed by atoms with E-state index in [1.807, 2.05) is 19.9 Å². The van der Waals surface area contributed by atoms with Crippen molar-refractivity contribution in [3.8, 4) is 5.75 Å². The molecule has 0 saturated heterocycles. The smallest absolute Gasteiger partial charge is 0.264 e. The zero-order chi connectivity index (χ0) is 21.1. The summed E-state index contributed by atoms with van der Waals surface area (Å²) in [5.41, 5.74) is 8.40. The summed E-state index contributed by atoms with van der Waals surface area (Å²) >= 11 is 0. The highest BCUT2D eigenvalue weighted by Gasteiger charge is 2.24. The third kappa shape index (κ3) is 4.89. The van der Waals surface area contributed by atoms with Crippen molar-refractivity contribution in [3.05, 3.63) is 58.1 Å². The van der Waals surface area contributed by atoms with Gasteiger partial charge >= 0.3 is 0 Å². The number of sulfonamides is 1. The van der Waals surface area contributed by atoms with Gasteiger partial charge in [0.2, 0.25) is 11.8 Å². The van der Waals surface area contributed by atoms with Crippen molar-refractivity contribution >= 4 is 21.8 Å². The molecule has 0 aromatic heterocycles. The lowest BCUT2D eigenvalue weighted by Gasteiger charge is -2.16. The maximum Gasteiger partial charge on any atom is 0.264 e. The van der Waals surface area contributed by atoms with Gasteiger partial charge in [0.05, 0.1) is 17.9 Å². The van der Waals surface area contributed by atoms with Gasteiger partial charge in [-0.3, -0.25) is 9.59 Å². The Morgan fingerprint density at radius 1 is 1.04 bits per heavy atom. The number of hydrogen-bond donors (Lipinski definition) is 2. The van der Waals surface area contributed by atoms with Gasteiger partial charge in [0.1, 0.15) is 5.75 Å². The minimum Gasteiger partial charge on any atom is -0.493 e. The predicted molar refractivity (Wildman–Crippen MR) is 106 cm³/mol. The van der Waals surface area contributed by atoms with Crippen LogP contribution in [0, 0.1) is 27.7 Å². The number of primary amides is 1. The molecule has 0 aliphatic rings. The summed E-state index contributed by atoms with van der Waals surface area (Å²) in [5, 5.41) is 0. The lowest BCUT2D eigenvalue weighted by atomic mass is 10.0. The maximum absolute atomic E-state index is 12.7. The number of aryl methyl sites for hydroxylation is 2. The minimum absolute atomic E-state index is 0.0472. The molecule has 0 fully saturated rings. The first-order chi connectivity index (χ1) is 13.0. The largest absolute Gasteiger partial charge is 0.493 e. The van der Waals surface area contributed by atoms with Crippen molar-refractivity contribution in [2.75, 3.05) is 6.61 Å². The average molecular weight is 404 g/mol. The summed E-state index contributed by atoms with van der Waals surface area (Å²) in [6.45, 7) is 7.05. The Bertz CT molecular complexity index is 1000. The molecule has 0 aliphatic heterocycles. The number of rotatable bonds is 7. The molecule has 0 heterocycles. The molecule has 0 atom stereocenters. The first-order valence-corrected chi connectivity index (χ1v) is 10.2. The standard InChI is InChI=1S/C20H24N2O5S/c1-12-10-13(2)15(4)19(14(12)3)28(25,26)22-18(23)8-9-27-17-7-5-6-16(11-17)20(21)24/h5-7,10-11H,8-9H2,1-4H3,(H2,21,24)(H,22,23). The van der Waals surface area contributed by atoms with Gasteiger partial charge in [0.15, 0.2) is 0 Å². The Kier molecular flexibility index (Phi) is 6.45. The summed E-state index contributed by atoms with van der Waals surface area (Å²) in [4.78, 5) is 23.4. The molecule has 150 valence electrons. The summed E-state index contributed by atoms with van der Waals surface area (Å²) in [6.07, 6.45) is -0.164. The van der Waals surface area contributed by atoms with Crippen LogP contribution in [0.2, 0.25) is 0 Å². The molecular formula is C20H24N2O5S. The van der Waals surface area contributed by atoms with E-state index < -0.39 is 21.8 Å². The van der Waals surface area contributed by atoms with E-state index in [9.17, 15) is 18.0 Å². The second-order valence-corrected chi connectivity index (χ2v) is 8.23. The SMILES string of the molecule is Cc1cc(C)c(C)c(S(=O)(=O)NC(=O)CCOc2cccc(C(N)=O)c2)c1C. The first kappa shape index (κ1) is 21.4. The van der Waals surface area contributed by atoms with E-state index in [4.69, 9.17) is 10.5 Å². The van der Waals surface area contributed by atoms with E-state index in [-0.39, 0.29) is 23.5 Å². The fourth-order valence-electron chi connectivity index (χ4n) is 2.84. The molecule has 3 N–H and O–H groups in total. The Hall–Kier alpha value is -2.87. The van der Waals surface area contributed by atoms with Crippen molar-refractivity contribution < 1.29 is 22.7 Å². The highest BCUT2D eigenvalue weighted by molar-refractivity contribution is 7.90. The number of benzene rings is 2. The molecule has 0 spiro atoms. The van der Waals surface area contributed by atoms with Crippen LogP contribution in [-0.4, -0.2) is 26.8 Å². The monoisotopic (exact) mass is 404 g/mol. The van der Waals surface area contributed by atoms with Crippen molar-refractivity contribution in [2.45, 2.75) is 39.0 Å². The summed E-state index contributed by atoms with van der Waals surface area (Å²) in [5.74, 6) is -0.898. The quantitative estimate of drug-likeness (QED) is 0.735. The van der Waals surface area contributed by atoms with Crippen LogP contribution >= 0.6 is 0 Å². The Morgan fingerprint density at radius 3 is 2.21 bits per heavy atom. The van der Waals surface area contributed by atoms with Crippen molar-refractivity contribution in [1.29, 1.82) is 0 Å². The fraction of sp³-hybridized carbons (Fsp3) is 0.300. The topological polar surface area (TPSA) is 116 Å². The summed E-state index contributed by atoms with van der Waals surface area (Å²) in [6, 6.07) is 8.14. The van der Waals surface area contributed by atoms with Crippen LogP contribution in [0.4, 0.5) is 0 Å². The van der Waals surface area contributed by atoms with Crippen molar-refractivity contribution in [3.63, 3.8) is 0 Å². The molecule has 2 amide bonds. The Balaban J connectivity index is 2.05. The number of carbonyl (C=O) groups excluding carboxylic acids is 2. The van der Waals surface area contributed by atoms with E-state index in [2.05, 4.69) is 4.72 Å². The number of hydrogen-bond acceptors (Lipinski definition) is 5. The van der Waals surface area contributed by atoms with Gasteiger partial charge in [0, 0.05) is 5.56 Å². The zero-order valence-electron chi connectivity index (χ0n) is 16.3. The third-order valence-corrected chi connectivity index (χ3v) is 6.18. The number of ether oxygens (including phenoxy) is 1. The molecule has 2 aromatic carbocycles. The average Bonchev–Trinajstić information content (AvgIpc) is 2.59. The van der Waals surface area contributed by atoms with Crippen LogP contribution in [-0.2, 0) is 14.8 Å². The van der Waals surface area contributed by atoms with Crippen molar-refractivity contribution in [1.82, 2.24) is 4.72 Å². The molecule has 0 unspecified atom stereocenters. The van der Waals surface area contributed by atoms with Gasteiger partial charge in [-0.05, 0) is 68.1 Å². The van der Waals surface area contributed by atoms with E-state index >= 15 is 0 Å². The van der Waals surface area contributed by atoms with Crippen LogP contribution in [0.5, 0.6) is 5.75 Å². The second kappa shape index (κ2) is 8.43. The molecule has 2 aromatic rings. The van der Waals surface area contributed by atoms with Gasteiger partial charge in [-0.15, -0.1) is 0 Å². The number of carbonyl (C=O) groups is 2. The Labute approximate surface area is 164 Å². The van der Waals surface area contributed by atoms with Crippen LogP contribution in [0.15, 0.2) is 35.2 Å². The maximum atomic E-state index is 12.7. The highest BCUT2D eigenvalue weighted by Crippen LogP contribution is 2.25. The molecular weight excluding hydrogens is 380 g/mol. The van der Waals surface area contributed by atoms with Gasteiger partial charge in [-0.1, -0.05) is 12.1 Å². The number of nitrogens with one attached hydrogen (secondary N) is 1. The Morgan fingerprint density at radius 2 is 1.64 bits per heavy atom. The molecule has 0 bridgehead atoms. The fourth-order valence-corrected chi connectivity index (χ4v) is 4.47. The summed E-state index contributed by atoms with van der Waals surface area (Å²) < 4.78 is 32.9. The molecule has 7 nitrogen and oxygen atoms in total. The molecule has 28 heavy (non-hydrogen) atoms. The minimum atomic E-state index is -4.00. The zero-order valence-corrected chi connectivity index (χ0v) is 17.1. The lowest BCUT2D eigenvalue weighted by Crippen LogP contribution is -2.32. The van der Waals surface area contributed by atoms with Crippen LogP contribution in [0.3, 0.4) is 0 Å². The van der Waals surface area contributed by atoms with Crippen LogP contribution < -0.4 is 15.2 Å². The van der Waals surface area contributed by atoms with E-state index in [0.29, 0.717) is 16.9 Å². The van der Waals surface area contributed by atoms with Crippen LogP contribution in [0.25, 0.3) is 0 Å². The molecule has 0 saturated carbocycles. The molecule has 8 heteroatoms. The third-order valence-electron chi connectivity index (χ3n) is 4.53. The molecule has 2 rings (SSSR count). The molecule has 0 aliphatic carbocycles. The molecule has 0 radical (unpaired) electrons. The van der Waals surface area contributed by atoms with Gasteiger partial charge in [0.25, 0.3) is 10.0 Å². The van der Waals surface area contributed by atoms with Gasteiger partial charge < -0.3 is 10.5 Å². The normalized spacial score (nSPS) is 11.1. The predicted octanol–water partition coefficient (Wildman–Crippen LogP) is 2.29. The summed E-state index contributed by atoms with van der Waals surface area (Å²) in [7, 11) is -4.00. The lowest BCUT2D eigenvalue weighted by molar-refractivity contribution is -0.119. The van der Waals surface area contributed by atoms with E-state index in [1.165, 1.54) is 6.07 Å². The second-order valence-electron chi connectivity index (χ2n) is 6.61. The van der Waals surface area contributed by atoms with Gasteiger partial charge in [-0.25, -0.2) is 13.1 Å². The number of amides is 2. The first-order valence-electron chi connectivity index (χ1n) is 8.68. The van der Waals surface area contributed by atoms with Gasteiger partial charge in [-0.2, -0.15) is 0 Å². The number of nitrogens with two attached hydrogens (primary N) is 1. The van der Waals surface area contributed by atoms with Crippen LogP contribution in [0.1, 0.15) is 39.0 Å². The van der Waals surface area contributed by atoms with E-state index in [0.717, 1.165) is 11.1 Å². The highest BCUT2D eigenvalue weighted by atomic mass is 32.2. The van der Waals surface area contributed by atoms with Crippen molar-refractivity contribution in [2.24, 2.45) is 5.73 Å². The van der Waals surface area contributed by atoms with E-state index in [1.54, 1.807) is 32.0 Å².